The normalized spacial score (nSPS) is 17.5. The number of H-pyrrole nitrogens is 1. The fourth-order valence-corrected chi connectivity index (χ4v) is 4.05. The molecule has 2 N–H and O–H groups in total. The van der Waals surface area contributed by atoms with E-state index in [1.165, 1.54) is 6.07 Å². The summed E-state index contributed by atoms with van der Waals surface area (Å²) in [5, 5.41) is 10.6. The highest BCUT2D eigenvalue weighted by atomic mass is 19.1. The summed E-state index contributed by atoms with van der Waals surface area (Å²) in [6, 6.07) is 13.3. The Morgan fingerprint density at radius 3 is 2.86 bits per heavy atom. The van der Waals surface area contributed by atoms with Gasteiger partial charge in [0, 0.05) is 34.7 Å². The number of nitrogens with one attached hydrogen (secondary N) is 1. The van der Waals surface area contributed by atoms with Crippen LogP contribution in [0, 0.1) is 11.7 Å². The molecule has 0 bridgehead atoms. The minimum atomic E-state index is -0.250. The van der Waals surface area contributed by atoms with Gasteiger partial charge in [-0.15, -0.1) is 0 Å². The second-order valence-electron chi connectivity index (χ2n) is 8.39. The summed E-state index contributed by atoms with van der Waals surface area (Å²) < 4.78 is 20.3. The lowest BCUT2D eigenvalue weighted by Crippen LogP contribution is -2.31. The van der Waals surface area contributed by atoms with Crippen molar-refractivity contribution in [3.05, 3.63) is 54.0 Å². The van der Waals surface area contributed by atoms with Crippen molar-refractivity contribution < 1.29 is 14.2 Å². The first-order chi connectivity index (χ1) is 14.0. The third kappa shape index (κ3) is 4.46. The fraction of sp³-hybridized carbons (Fsp3) is 0.417. The molecule has 1 aromatic heterocycles. The number of aliphatic hydroxyl groups is 1. The van der Waals surface area contributed by atoms with Crippen LogP contribution in [0.2, 0.25) is 0 Å². The molecule has 0 aliphatic carbocycles. The summed E-state index contributed by atoms with van der Waals surface area (Å²) >= 11 is 0. The number of fused-ring (bicyclic) bond motifs is 1. The van der Waals surface area contributed by atoms with Gasteiger partial charge in [-0.1, -0.05) is 19.9 Å². The maximum atomic E-state index is 14.5. The van der Waals surface area contributed by atoms with Crippen LogP contribution in [-0.2, 0) is 6.54 Å². The van der Waals surface area contributed by atoms with E-state index in [1.54, 1.807) is 12.1 Å². The van der Waals surface area contributed by atoms with E-state index in [-0.39, 0.29) is 18.5 Å². The molecule has 1 atom stereocenters. The molecule has 2 aromatic carbocycles. The number of rotatable bonds is 7. The number of aromatic amines is 1. The molecule has 0 radical (unpaired) electrons. The van der Waals surface area contributed by atoms with E-state index < -0.39 is 0 Å². The van der Waals surface area contributed by atoms with Crippen molar-refractivity contribution in [1.29, 1.82) is 0 Å². The van der Waals surface area contributed by atoms with Gasteiger partial charge in [-0.25, -0.2) is 4.39 Å². The lowest BCUT2D eigenvalue weighted by Gasteiger charge is -2.21. The molecule has 4 nitrogen and oxygen atoms in total. The number of hydrogen-bond acceptors (Lipinski definition) is 3. The van der Waals surface area contributed by atoms with Crippen LogP contribution < -0.4 is 4.74 Å². The lowest BCUT2D eigenvalue weighted by atomic mass is 10.0. The Balaban J connectivity index is 1.58. The Hall–Kier alpha value is -2.37. The summed E-state index contributed by atoms with van der Waals surface area (Å²) in [4.78, 5) is 5.78. The number of nitrogens with zero attached hydrogens (tertiary/aromatic N) is 1. The third-order valence-corrected chi connectivity index (χ3v) is 5.59. The highest BCUT2D eigenvalue weighted by Crippen LogP contribution is 2.30. The second-order valence-corrected chi connectivity index (χ2v) is 8.39. The zero-order chi connectivity index (χ0) is 20.4. The average molecular weight is 397 g/mol. The molecule has 0 spiro atoms. The Bertz CT molecular complexity index is 982. The first-order valence-corrected chi connectivity index (χ1v) is 10.4. The number of ether oxygens (including phenoxy) is 1. The molecule has 0 saturated carbocycles. The first kappa shape index (κ1) is 19.9. The second kappa shape index (κ2) is 8.56. The molecular formula is C24H29FN2O2. The highest BCUT2D eigenvalue weighted by Gasteiger charge is 2.24. The SMILES string of the molecule is CC(C)COc1ccc(F)c(-c2ccc3[nH]c(CN4CCC[C@@H]4CO)cc3c2)c1. The van der Waals surface area contributed by atoms with E-state index in [4.69, 9.17) is 4.74 Å². The minimum Gasteiger partial charge on any atom is -0.493 e. The monoisotopic (exact) mass is 396 g/mol. The Morgan fingerprint density at radius 1 is 1.21 bits per heavy atom. The van der Waals surface area contributed by atoms with Gasteiger partial charge < -0.3 is 14.8 Å². The van der Waals surface area contributed by atoms with Crippen LogP contribution in [0.1, 0.15) is 32.4 Å². The zero-order valence-corrected chi connectivity index (χ0v) is 17.1. The van der Waals surface area contributed by atoms with E-state index in [0.29, 0.717) is 23.8 Å². The molecule has 4 rings (SSSR count). The molecule has 154 valence electrons. The van der Waals surface area contributed by atoms with Gasteiger partial charge in [0.2, 0.25) is 0 Å². The van der Waals surface area contributed by atoms with Gasteiger partial charge in [0.15, 0.2) is 0 Å². The van der Waals surface area contributed by atoms with Crippen molar-refractivity contribution in [2.45, 2.75) is 39.3 Å². The maximum absolute atomic E-state index is 14.5. The average Bonchev–Trinajstić information content (AvgIpc) is 3.32. The van der Waals surface area contributed by atoms with Crippen LogP contribution in [0.25, 0.3) is 22.0 Å². The van der Waals surface area contributed by atoms with E-state index >= 15 is 0 Å². The minimum absolute atomic E-state index is 0.207. The summed E-state index contributed by atoms with van der Waals surface area (Å²) in [6.07, 6.45) is 2.18. The molecule has 29 heavy (non-hydrogen) atoms. The van der Waals surface area contributed by atoms with Crippen molar-refractivity contribution in [2.75, 3.05) is 19.8 Å². The largest absolute Gasteiger partial charge is 0.493 e. The van der Waals surface area contributed by atoms with E-state index in [0.717, 1.165) is 48.1 Å². The highest BCUT2D eigenvalue weighted by molar-refractivity contribution is 5.86. The summed E-state index contributed by atoms with van der Waals surface area (Å²) in [7, 11) is 0. The van der Waals surface area contributed by atoms with E-state index in [1.807, 2.05) is 18.2 Å². The van der Waals surface area contributed by atoms with Crippen molar-refractivity contribution in [2.24, 2.45) is 5.92 Å². The Morgan fingerprint density at radius 2 is 2.07 bits per heavy atom. The van der Waals surface area contributed by atoms with E-state index in [2.05, 4.69) is 29.8 Å². The van der Waals surface area contributed by atoms with Crippen molar-refractivity contribution >= 4 is 10.9 Å². The predicted octanol–water partition coefficient (Wildman–Crippen LogP) is 4.97. The van der Waals surface area contributed by atoms with Crippen molar-refractivity contribution in [3.63, 3.8) is 0 Å². The van der Waals surface area contributed by atoms with Gasteiger partial charge in [-0.2, -0.15) is 0 Å². The topological polar surface area (TPSA) is 48.5 Å². The van der Waals surface area contributed by atoms with Crippen molar-refractivity contribution in [1.82, 2.24) is 9.88 Å². The van der Waals surface area contributed by atoms with Crippen LogP contribution in [0.5, 0.6) is 5.75 Å². The van der Waals surface area contributed by atoms with Gasteiger partial charge in [-0.3, -0.25) is 4.90 Å². The van der Waals surface area contributed by atoms with Gasteiger partial charge in [0.05, 0.1) is 13.2 Å². The predicted molar refractivity (Wildman–Crippen MR) is 115 cm³/mol. The van der Waals surface area contributed by atoms with Crippen LogP contribution in [0.3, 0.4) is 0 Å². The standard InChI is InChI=1S/C24H29FN2O2/c1-16(2)15-29-21-6-7-23(25)22(12-21)17-5-8-24-18(10-17)11-19(26-24)13-27-9-3-4-20(27)14-28/h5-8,10-12,16,20,26,28H,3-4,9,13-15H2,1-2H3/t20-/m1/s1. The third-order valence-electron chi connectivity index (χ3n) is 5.59. The summed E-state index contributed by atoms with van der Waals surface area (Å²) in [6.45, 7) is 6.80. The number of hydrogen-bond donors (Lipinski definition) is 2. The van der Waals surface area contributed by atoms with Crippen LogP contribution in [0.15, 0.2) is 42.5 Å². The molecule has 2 heterocycles. The molecule has 1 saturated heterocycles. The van der Waals surface area contributed by atoms with E-state index in [9.17, 15) is 9.50 Å². The molecule has 5 heteroatoms. The molecular weight excluding hydrogens is 367 g/mol. The van der Waals surface area contributed by atoms with Gasteiger partial charge >= 0.3 is 0 Å². The van der Waals surface area contributed by atoms with Crippen LogP contribution in [0.4, 0.5) is 4.39 Å². The van der Waals surface area contributed by atoms with Gasteiger partial charge in [0.25, 0.3) is 0 Å². The van der Waals surface area contributed by atoms with Crippen LogP contribution in [-0.4, -0.2) is 40.8 Å². The lowest BCUT2D eigenvalue weighted by molar-refractivity contribution is 0.152. The number of halogens is 1. The molecule has 0 amide bonds. The van der Waals surface area contributed by atoms with Crippen LogP contribution >= 0.6 is 0 Å². The number of likely N-dealkylation sites (tertiary alicyclic amines) is 1. The fourth-order valence-electron chi connectivity index (χ4n) is 4.05. The number of aliphatic hydroxyl groups excluding tert-OH is 1. The maximum Gasteiger partial charge on any atom is 0.131 e. The first-order valence-electron chi connectivity index (χ1n) is 10.4. The molecule has 1 fully saturated rings. The Labute approximate surface area is 171 Å². The quantitative estimate of drug-likeness (QED) is 0.593. The molecule has 1 aliphatic rings. The number of aromatic nitrogens is 1. The molecule has 1 aliphatic heterocycles. The number of benzene rings is 2. The summed E-state index contributed by atoms with van der Waals surface area (Å²) in [5.41, 5.74) is 3.55. The van der Waals surface area contributed by atoms with Gasteiger partial charge in [-0.05, 0) is 67.3 Å². The molecule has 3 aromatic rings. The Kier molecular flexibility index (Phi) is 5.88. The molecule has 0 unspecified atom stereocenters. The summed E-state index contributed by atoms with van der Waals surface area (Å²) in [5.74, 6) is 0.855. The van der Waals surface area contributed by atoms with Gasteiger partial charge in [0.1, 0.15) is 11.6 Å². The smallest absolute Gasteiger partial charge is 0.131 e. The van der Waals surface area contributed by atoms with Crippen molar-refractivity contribution in [3.8, 4) is 16.9 Å². The zero-order valence-electron chi connectivity index (χ0n) is 17.1.